The Morgan fingerprint density at radius 2 is 1.94 bits per heavy atom. The summed E-state index contributed by atoms with van der Waals surface area (Å²) >= 11 is 0. The Balaban J connectivity index is 2.56. The fraction of sp³-hybridized carbons (Fsp3) is 0.462. The molecule has 2 aromatic rings. The molecule has 1 heterocycles. The van der Waals surface area contributed by atoms with Crippen molar-refractivity contribution in [3.05, 3.63) is 23.9 Å². The predicted molar refractivity (Wildman–Crippen MR) is 66.0 cm³/mol. The number of rotatable bonds is 2. The average molecular weight is 254 g/mol. The third-order valence-electron chi connectivity index (χ3n) is 2.76. The highest BCUT2D eigenvalue weighted by molar-refractivity contribution is 5.84. The van der Waals surface area contributed by atoms with E-state index in [1.165, 1.54) is 0 Å². The van der Waals surface area contributed by atoms with Crippen LogP contribution in [0, 0.1) is 0 Å². The van der Waals surface area contributed by atoms with Gasteiger partial charge in [-0.05, 0) is 12.1 Å². The molecule has 0 unspecified atom stereocenters. The summed E-state index contributed by atoms with van der Waals surface area (Å²) in [5.74, 6) is 0.154. The minimum absolute atomic E-state index is 0.0927. The second kappa shape index (κ2) is 4.23. The molecule has 0 bridgehead atoms. The van der Waals surface area contributed by atoms with Crippen molar-refractivity contribution in [1.29, 1.82) is 0 Å². The highest BCUT2D eigenvalue weighted by Gasteiger charge is 2.22. The van der Waals surface area contributed by atoms with Crippen LogP contribution in [0.3, 0.4) is 0 Å². The Kier molecular flexibility index (Phi) is 3.00. The molecule has 0 aliphatic carbocycles. The van der Waals surface area contributed by atoms with E-state index in [9.17, 15) is 8.78 Å². The van der Waals surface area contributed by atoms with Gasteiger partial charge in [-0.25, -0.2) is 0 Å². The van der Waals surface area contributed by atoms with Crippen molar-refractivity contribution in [3.63, 3.8) is 0 Å². The van der Waals surface area contributed by atoms with Gasteiger partial charge in [0, 0.05) is 23.9 Å². The first kappa shape index (κ1) is 12.8. The Bertz CT molecular complexity index is 570. The van der Waals surface area contributed by atoms with Gasteiger partial charge >= 0.3 is 6.61 Å². The number of hydrogen-bond donors (Lipinski definition) is 0. The summed E-state index contributed by atoms with van der Waals surface area (Å²) in [6, 6.07) is 4.91. The highest BCUT2D eigenvalue weighted by atomic mass is 19.3. The van der Waals surface area contributed by atoms with E-state index in [4.69, 9.17) is 0 Å². The maximum atomic E-state index is 12.2. The molecule has 1 aromatic carbocycles. The molecule has 0 saturated heterocycles. The fourth-order valence-electron chi connectivity index (χ4n) is 1.97. The van der Waals surface area contributed by atoms with Crippen LogP contribution < -0.4 is 4.74 Å². The molecule has 0 fully saturated rings. The number of benzene rings is 1. The van der Waals surface area contributed by atoms with E-state index in [0.29, 0.717) is 0 Å². The molecule has 0 spiro atoms. The van der Waals surface area contributed by atoms with E-state index in [2.05, 4.69) is 30.6 Å². The van der Waals surface area contributed by atoms with Gasteiger partial charge < -0.3 is 4.74 Å². The van der Waals surface area contributed by atoms with Crippen LogP contribution in [0.4, 0.5) is 8.78 Å². The monoisotopic (exact) mass is 254 g/mol. The first-order valence-corrected chi connectivity index (χ1v) is 5.71. The zero-order valence-corrected chi connectivity index (χ0v) is 10.9. The molecule has 5 heteroatoms. The summed E-state index contributed by atoms with van der Waals surface area (Å²) < 4.78 is 30.4. The van der Waals surface area contributed by atoms with Crippen LogP contribution in [0.5, 0.6) is 5.75 Å². The number of hydrogen-bond acceptors (Lipinski definition) is 2. The summed E-state index contributed by atoms with van der Waals surface area (Å²) in [5, 5.41) is 5.42. The molecule has 0 radical (unpaired) electrons. The summed E-state index contributed by atoms with van der Waals surface area (Å²) in [6.45, 7) is 3.40. The lowest BCUT2D eigenvalue weighted by molar-refractivity contribution is -0.0497. The Morgan fingerprint density at radius 3 is 2.50 bits per heavy atom. The van der Waals surface area contributed by atoms with E-state index in [0.717, 1.165) is 16.6 Å². The molecular weight excluding hydrogens is 238 g/mol. The van der Waals surface area contributed by atoms with E-state index < -0.39 is 6.61 Å². The first-order valence-electron chi connectivity index (χ1n) is 5.71. The van der Waals surface area contributed by atoms with Crippen LogP contribution in [0.15, 0.2) is 18.2 Å². The van der Waals surface area contributed by atoms with E-state index >= 15 is 0 Å². The topological polar surface area (TPSA) is 27.1 Å². The average Bonchev–Trinajstić information content (AvgIpc) is 2.55. The number of alkyl halides is 2. The number of ether oxygens (including phenoxy) is 1. The van der Waals surface area contributed by atoms with E-state index in [1.54, 1.807) is 29.9 Å². The standard InChI is InChI=1S/C13H16F2N2O/c1-13(2,3)11-9-6-5-8(18-12(14)15)7-10(9)17(4)16-11/h5-7,12H,1-4H3. The molecule has 0 aliphatic rings. The number of fused-ring (bicyclic) bond motifs is 1. The molecule has 0 saturated carbocycles. The first-order chi connectivity index (χ1) is 8.29. The summed E-state index contributed by atoms with van der Waals surface area (Å²) in [5.41, 5.74) is 1.64. The third kappa shape index (κ3) is 2.30. The van der Waals surface area contributed by atoms with Gasteiger partial charge in [0.2, 0.25) is 0 Å². The Labute approximate surface area is 104 Å². The SMILES string of the molecule is Cn1nc(C(C)(C)C)c2ccc(OC(F)F)cc21. The zero-order chi connectivity index (χ0) is 13.5. The maximum Gasteiger partial charge on any atom is 0.387 e. The molecule has 0 N–H and O–H groups in total. The van der Waals surface area contributed by atoms with Gasteiger partial charge in [0.25, 0.3) is 0 Å². The lowest BCUT2D eigenvalue weighted by Crippen LogP contribution is -2.12. The van der Waals surface area contributed by atoms with Gasteiger partial charge in [-0.15, -0.1) is 0 Å². The number of halogens is 2. The van der Waals surface area contributed by atoms with Crippen molar-refractivity contribution in [2.45, 2.75) is 32.8 Å². The van der Waals surface area contributed by atoms with Crippen molar-refractivity contribution in [3.8, 4) is 5.75 Å². The minimum atomic E-state index is -2.81. The second-order valence-electron chi connectivity index (χ2n) is 5.28. The van der Waals surface area contributed by atoms with Crippen molar-refractivity contribution >= 4 is 10.9 Å². The molecule has 98 valence electrons. The molecule has 2 rings (SSSR count). The second-order valence-corrected chi connectivity index (χ2v) is 5.28. The van der Waals surface area contributed by atoms with Crippen molar-refractivity contribution in [2.75, 3.05) is 0 Å². The normalized spacial score (nSPS) is 12.4. The smallest absolute Gasteiger partial charge is 0.387 e. The highest BCUT2D eigenvalue weighted by Crippen LogP contribution is 2.31. The summed E-state index contributed by atoms with van der Waals surface area (Å²) in [7, 11) is 1.80. The number of aryl methyl sites for hydroxylation is 1. The van der Waals surface area contributed by atoms with Gasteiger partial charge in [0.05, 0.1) is 11.2 Å². The van der Waals surface area contributed by atoms with Gasteiger partial charge in [-0.2, -0.15) is 13.9 Å². The quantitative estimate of drug-likeness (QED) is 0.820. The largest absolute Gasteiger partial charge is 0.435 e. The van der Waals surface area contributed by atoms with Gasteiger partial charge in [-0.3, -0.25) is 4.68 Å². The molecule has 0 amide bonds. The van der Waals surface area contributed by atoms with Crippen molar-refractivity contribution < 1.29 is 13.5 Å². The molecule has 0 atom stereocenters. The minimum Gasteiger partial charge on any atom is -0.435 e. The van der Waals surface area contributed by atoms with Crippen LogP contribution in [0.25, 0.3) is 10.9 Å². The number of aromatic nitrogens is 2. The Hall–Kier alpha value is -1.65. The van der Waals surface area contributed by atoms with Crippen LogP contribution >= 0.6 is 0 Å². The molecule has 1 aromatic heterocycles. The van der Waals surface area contributed by atoms with Gasteiger partial charge in [0.15, 0.2) is 0 Å². The lowest BCUT2D eigenvalue weighted by atomic mass is 9.90. The number of nitrogens with zero attached hydrogens (tertiary/aromatic N) is 2. The van der Waals surface area contributed by atoms with E-state index in [1.807, 2.05) is 0 Å². The predicted octanol–water partition coefficient (Wildman–Crippen LogP) is 3.47. The van der Waals surface area contributed by atoms with Crippen LogP contribution in [0.2, 0.25) is 0 Å². The maximum absolute atomic E-state index is 12.2. The van der Waals surface area contributed by atoms with Crippen molar-refractivity contribution in [1.82, 2.24) is 9.78 Å². The lowest BCUT2D eigenvalue weighted by Gasteiger charge is -2.15. The van der Waals surface area contributed by atoms with Crippen molar-refractivity contribution in [2.24, 2.45) is 7.05 Å². The molecular formula is C13H16F2N2O. The molecule has 0 aliphatic heterocycles. The zero-order valence-electron chi connectivity index (χ0n) is 10.9. The van der Waals surface area contributed by atoms with Crippen LogP contribution in [-0.4, -0.2) is 16.4 Å². The summed E-state index contributed by atoms with van der Waals surface area (Å²) in [6.07, 6.45) is 0. The van der Waals surface area contributed by atoms with Gasteiger partial charge in [-0.1, -0.05) is 20.8 Å². The third-order valence-corrected chi connectivity index (χ3v) is 2.76. The van der Waals surface area contributed by atoms with E-state index in [-0.39, 0.29) is 11.2 Å². The van der Waals surface area contributed by atoms with Gasteiger partial charge in [0.1, 0.15) is 5.75 Å². The Morgan fingerprint density at radius 1 is 1.28 bits per heavy atom. The fourth-order valence-corrected chi connectivity index (χ4v) is 1.97. The summed E-state index contributed by atoms with van der Waals surface area (Å²) in [4.78, 5) is 0. The van der Waals surface area contributed by atoms with Crippen LogP contribution in [0.1, 0.15) is 26.5 Å². The van der Waals surface area contributed by atoms with Crippen LogP contribution in [-0.2, 0) is 12.5 Å². The molecule has 18 heavy (non-hydrogen) atoms. The molecule has 3 nitrogen and oxygen atoms in total.